The Hall–Kier alpha value is -2.78. The second-order valence-electron chi connectivity index (χ2n) is 10.1. The molecular formula is C29H35FN2O4S. The van der Waals surface area contributed by atoms with E-state index >= 15 is 0 Å². The molecular weight excluding hydrogens is 491 g/mol. The number of rotatable bonds is 7. The summed E-state index contributed by atoms with van der Waals surface area (Å²) < 4.78 is 48.6. The number of aliphatic hydroxyl groups excluding tert-OH is 1. The topological polar surface area (TPSA) is 70.1 Å². The van der Waals surface area contributed by atoms with E-state index in [1.54, 1.807) is 37.3 Å². The van der Waals surface area contributed by atoms with Gasteiger partial charge in [-0.1, -0.05) is 55.0 Å². The van der Waals surface area contributed by atoms with E-state index in [2.05, 4.69) is 4.90 Å². The van der Waals surface area contributed by atoms with Crippen LogP contribution in [-0.4, -0.2) is 61.6 Å². The predicted molar refractivity (Wildman–Crippen MR) is 143 cm³/mol. The number of aliphatic hydroxyl groups is 1. The Kier molecular flexibility index (Phi) is 8.33. The molecule has 1 N–H and O–H groups in total. The first kappa shape index (κ1) is 27.3. The largest absolute Gasteiger partial charge is 0.487 e. The minimum atomic E-state index is -3.90. The predicted octanol–water partition coefficient (Wildman–Crippen LogP) is 4.70. The van der Waals surface area contributed by atoms with Crippen LogP contribution in [0.15, 0.2) is 71.6 Å². The molecule has 37 heavy (non-hydrogen) atoms. The molecule has 0 fully saturated rings. The van der Waals surface area contributed by atoms with Gasteiger partial charge in [0.1, 0.15) is 22.6 Å². The van der Waals surface area contributed by atoms with Crippen molar-refractivity contribution in [2.45, 2.75) is 44.4 Å². The van der Waals surface area contributed by atoms with Crippen LogP contribution in [0.25, 0.3) is 11.1 Å². The lowest BCUT2D eigenvalue weighted by Gasteiger charge is -2.37. The zero-order valence-corrected chi connectivity index (χ0v) is 22.6. The number of likely N-dealkylation sites (N-methyl/N-ethyl adjacent to an activating group) is 1. The second kappa shape index (κ2) is 11.3. The number of fused-ring (bicyclic) bond motifs is 1. The van der Waals surface area contributed by atoms with Crippen molar-refractivity contribution in [3.05, 3.63) is 83.7 Å². The number of hydrogen-bond acceptors (Lipinski definition) is 5. The van der Waals surface area contributed by atoms with Crippen molar-refractivity contribution in [1.82, 2.24) is 9.21 Å². The SMILES string of the molecule is Cc1ccc(-c2ccc3c(c2)O[C@H](CN(C)Cc2ccc(F)cc2)[C@H](C)CN([C@H](C)CO)S3(=O)=O)cc1. The number of hydrogen-bond donors (Lipinski definition) is 1. The van der Waals surface area contributed by atoms with Crippen molar-refractivity contribution >= 4 is 10.0 Å². The van der Waals surface area contributed by atoms with Gasteiger partial charge in [-0.2, -0.15) is 4.31 Å². The van der Waals surface area contributed by atoms with Gasteiger partial charge in [0, 0.05) is 31.6 Å². The third-order valence-electron chi connectivity index (χ3n) is 6.91. The molecule has 0 aliphatic carbocycles. The summed E-state index contributed by atoms with van der Waals surface area (Å²) in [4.78, 5) is 2.19. The Balaban J connectivity index is 1.70. The van der Waals surface area contributed by atoms with Gasteiger partial charge >= 0.3 is 0 Å². The van der Waals surface area contributed by atoms with Gasteiger partial charge in [0.15, 0.2) is 0 Å². The molecule has 0 radical (unpaired) electrons. The number of ether oxygens (including phenoxy) is 1. The highest BCUT2D eigenvalue weighted by molar-refractivity contribution is 7.89. The second-order valence-corrected chi connectivity index (χ2v) is 11.9. The van der Waals surface area contributed by atoms with E-state index in [4.69, 9.17) is 4.74 Å². The van der Waals surface area contributed by atoms with Gasteiger partial charge in [0.2, 0.25) is 10.0 Å². The highest BCUT2D eigenvalue weighted by atomic mass is 32.2. The highest BCUT2D eigenvalue weighted by Gasteiger charge is 2.38. The lowest BCUT2D eigenvalue weighted by molar-refractivity contribution is 0.0734. The van der Waals surface area contributed by atoms with E-state index in [0.29, 0.717) is 18.8 Å². The van der Waals surface area contributed by atoms with Crippen LogP contribution in [0.4, 0.5) is 4.39 Å². The van der Waals surface area contributed by atoms with Crippen LogP contribution in [0.5, 0.6) is 5.75 Å². The van der Waals surface area contributed by atoms with E-state index in [-0.39, 0.29) is 35.9 Å². The molecule has 3 aromatic rings. The molecule has 3 atom stereocenters. The van der Waals surface area contributed by atoms with Gasteiger partial charge in [-0.25, -0.2) is 12.8 Å². The van der Waals surface area contributed by atoms with Crippen LogP contribution in [0, 0.1) is 18.7 Å². The molecule has 1 aliphatic heterocycles. The molecule has 0 saturated heterocycles. The number of halogens is 1. The standard InChI is InChI=1S/C29H35FN2O4S/c1-20-5-9-24(10-6-20)25-11-14-29-27(15-25)36-28(18-31(4)17-23-7-12-26(30)13-8-23)21(2)16-32(22(3)19-33)37(29,34)35/h5-15,21-22,28,33H,16-19H2,1-4H3/t21-,22-,28-/m1/s1. The Labute approximate surface area is 219 Å². The maximum absolute atomic E-state index is 13.7. The average Bonchev–Trinajstić information content (AvgIpc) is 2.87. The maximum atomic E-state index is 13.7. The summed E-state index contributed by atoms with van der Waals surface area (Å²) in [5, 5.41) is 9.85. The van der Waals surface area contributed by atoms with Crippen molar-refractivity contribution in [2.24, 2.45) is 5.92 Å². The minimum absolute atomic E-state index is 0.0988. The Morgan fingerprint density at radius 1 is 1.08 bits per heavy atom. The number of benzene rings is 3. The van der Waals surface area contributed by atoms with Crippen molar-refractivity contribution in [1.29, 1.82) is 0 Å². The summed E-state index contributed by atoms with van der Waals surface area (Å²) >= 11 is 0. The zero-order chi connectivity index (χ0) is 26.7. The fraction of sp³-hybridized carbons (Fsp3) is 0.379. The van der Waals surface area contributed by atoms with Crippen LogP contribution in [0.3, 0.4) is 0 Å². The summed E-state index contributed by atoms with van der Waals surface area (Å²) in [6, 6.07) is 19.1. The van der Waals surface area contributed by atoms with Gasteiger partial charge < -0.3 is 9.84 Å². The third-order valence-corrected chi connectivity index (χ3v) is 8.93. The normalized spacial score (nSPS) is 20.5. The molecule has 1 aliphatic rings. The van der Waals surface area contributed by atoms with E-state index in [1.807, 2.05) is 45.2 Å². The van der Waals surface area contributed by atoms with E-state index < -0.39 is 16.1 Å². The summed E-state index contributed by atoms with van der Waals surface area (Å²) in [6.07, 6.45) is -0.318. The summed E-state index contributed by atoms with van der Waals surface area (Å²) in [5.74, 6) is -0.126. The number of sulfonamides is 1. The fourth-order valence-electron chi connectivity index (χ4n) is 4.64. The molecule has 0 aromatic heterocycles. The third kappa shape index (κ3) is 6.21. The Morgan fingerprint density at radius 3 is 2.38 bits per heavy atom. The minimum Gasteiger partial charge on any atom is -0.487 e. The lowest BCUT2D eigenvalue weighted by atomic mass is 10.0. The van der Waals surface area contributed by atoms with Crippen molar-refractivity contribution < 1.29 is 22.7 Å². The van der Waals surface area contributed by atoms with Gasteiger partial charge in [-0.05, 0) is 61.9 Å². The van der Waals surface area contributed by atoms with Crippen molar-refractivity contribution in [2.75, 3.05) is 26.7 Å². The molecule has 198 valence electrons. The molecule has 6 nitrogen and oxygen atoms in total. The molecule has 0 spiro atoms. The van der Waals surface area contributed by atoms with E-state index in [0.717, 1.165) is 22.3 Å². The summed E-state index contributed by atoms with van der Waals surface area (Å²) in [5.41, 5.74) is 3.94. The van der Waals surface area contributed by atoms with Gasteiger partial charge in [-0.15, -0.1) is 0 Å². The molecule has 0 bridgehead atoms. The monoisotopic (exact) mass is 526 g/mol. The van der Waals surface area contributed by atoms with Crippen LogP contribution in [0.1, 0.15) is 25.0 Å². The van der Waals surface area contributed by atoms with Crippen molar-refractivity contribution in [3.63, 3.8) is 0 Å². The maximum Gasteiger partial charge on any atom is 0.247 e. The summed E-state index contributed by atoms with van der Waals surface area (Å²) in [6.45, 7) is 6.77. The average molecular weight is 527 g/mol. The molecule has 8 heteroatoms. The first-order valence-electron chi connectivity index (χ1n) is 12.5. The van der Waals surface area contributed by atoms with Crippen LogP contribution >= 0.6 is 0 Å². The van der Waals surface area contributed by atoms with Gasteiger partial charge in [0.25, 0.3) is 0 Å². The first-order chi connectivity index (χ1) is 17.6. The van der Waals surface area contributed by atoms with Crippen LogP contribution in [0.2, 0.25) is 0 Å². The molecule has 4 rings (SSSR count). The fourth-order valence-corrected chi connectivity index (χ4v) is 6.47. The zero-order valence-electron chi connectivity index (χ0n) is 21.8. The highest BCUT2D eigenvalue weighted by Crippen LogP contribution is 2.36. The quantitative estimate of drug-likeness (QED) is 0.483. The van der Waals surface area contributed by atoms with E-state index in [9.17, 15) is 17.9 Å². The van der Waals surface area contributed by atoms with Gasteiger partial charge in [-0.3, -0.25) is 4.90 Å². The Bertz CT molecular complexity index is 1310. The molecule has 3 aromatic carbocycles. The molecule has 1 heterocycles. The Morgan fingerprint density at radius 2 is 1.73 bits per heavy atom. The van der Waals surface area contributed by atoms with Crippen LogP contribution in [-0.2, 0) is 16.6 Å². The number of aryl methyl sites for hydroxylation is 1. The molecule has 0 amide bonds. The van der Waals surface area contributed by atoms with Crippen LogP contribution < -0.4 is 4.74 Å². The first-order valence-corrected chi connectivity index (χ1v) is 14.0. The molecule has 0 unspecified atom stereocenters. The van der Waals surface area contributed by atoms with Gasteiger partial charge in [0.05, 0.1) is 6.61 Å². The summed E-state index contributed by atoms with van der Waals surface area (Å²) in [7, 11) is -1.93. The van der Waals surface area contributed by atoms with E-state index in [1.165, 1.54) is 16.4 Å². The number of nitrogens with zero attached hydrogens (tertiary/aromatic N) is 2. The molecule has 0 saturated carbocycles. The lowest BCUT2D eigenvalue weighted by Crippen LogP contribution is -2.49. The van der Waals surface area contributed by atoms with Crippen molar-refractivity contribution in [3.8, 4) is 16.9 Å². The smallest absolute Gasteiger partial charge is 0.247 e.